The van der Waals surface area contributed by atoms with Crippen molar-refractivity contribution in [3.63, 3.8) is 0 Å². The smallest absolute Gasteiger partial charge is 0.252 e. The normalized spacial score (nSPS) is 10.2. The summed E-state index contributed by atoms with van der Waals surface area (Å²) >= 11 is 3.29. The summed E-state index contributed by atoms with van der Waals surface area (Å²) in [6.07, 6.45) is 0.688. The minimum atomic E-state index is -0.542. The van der Waals surface area contributed by atoms with Crippen LogP contribution < -0.4 is 10.5 Å². The molecule has 0 atom stereocenters. The average molecular weight is 322 g/mol. The van der Waals surface area contributed by atoms with Crippen LogP contribution in [-0.2, 0) is 6.42 Å². The molecule has 0 spiro atoms. The lowest BCUT2D eigenvalue weighted by Crippen LogP contribution is -2.12. The summed E-state index contributed by atoms with van der Waals surface area (Å²) in [4.78, 5) is 19.7. The first kappa shape index (κ1) is 13.5. The third-order valence-corrected chi connectivity index (χ3v) is 2.81. The highest BCUT2D eigenvalue weighted by Crippen LogP contribution is 2.25. The third kappa shape index (κ3) is 3.29. The molecule has 2 N–H and O–H groups in total. The zero-order valence-corrected chi connectivity index (χ0v) is 11.8. The van der Waals surface area contributed by atoms with Crippen LogP contribution in [0, 0.1) is 0 Å². The van der Waals surface area contributed by atoms with Crippen molar-refractivity contribution in [1.82, 2.24) is 9.97 Å². The van der Waals surface area contributed by atoms with Crippen LogP contribution in [0.2, 0.25) is 0 Å². The van der Waals surface area contributed by atoms with Gasteiger partial charge in [-0.1, -0.05) is 19.1 Å². The minimum Gasteiger partial charge on any atom is -0.438 e. The Bertz CT molecular complexity index is 617. The number of hydrogen-bond acceptors (Lipinski definition) is 4. The van der Waals surface area contributed by atoms with Crippen LogP contribution >= 0.6 is 15.9 Å². The van der Waals surface area contributed by atoms with Crippen molar-refractivity contribution in [1.29, 1.82) is 0 Å². The summed E-state index contributed by atoms with van der Waals surface area (Å²) in [5, 5.41) is 0. The molecule has 1 aromatic carbocycles. The van der Waals surface area contributed by atoms with Crippen LogP contribution in [0.1, 0.15) is 23.1 Å². The number of nitrogens with two attached hydrogens (primary N) is 1. The Balaban J connectivity index is 2.36. The predicted molar refractivity (Wildman–Crippen MR) is 74.1 cm³/mol. The molecule has 0 bridgehead atoms. The second-order valence-corrected chi connectivity index (χ2v) is 4.57. The fourth-order valence-corrected chi connectivity index (χ4v) is 1.92. The SMILES string of the molecule is CCc1nc(Br)cc(Oc2ccccc2C(N)=O)n1. The molecule has 5 nitrogen and oxygen atoms in total. The maximum absolute atomic E-state index is 11.3. The average Bonchev–Trinajstić information content (AvgIpc) is 2.38. The van der Waals surface area contributed by atoms with Crippen LogP contribution in [0.15, 0.2) is 34.9 Å². The number of carbonyl (C=O) groups excluding carboxylic acids is 1. The van der Waals surface area contributed by atoms with Crippen LogP contribution in [0.3, 0.4) is 0 Å². The zero-order chi connectivity index (χ0) is 13.8. The molecule has 0 aliphatic carbocycles. The lowest BCUT2D eigenvalue weighted by molar-refractivity contribution is 0.0998. The zero-order valence-electron chi connectivity index (χ0n) is 10.3. The molecule has 2 aromatic rings. The van der Waals surface area contributed by atoms with Crippen LogP contribution in [-0.4, -0.2) is 15.9 Å². The highest BCUT2D eigenvalue weighted by Gasteiger charge is 2.11. The molecule has 0 aliphatic heterocycles. The number of aromatic nitrogens is 2. The van der Waals surface area contributed by atoms with E-state index in [0.29, 0.717) is 34.0 Å². The summed E-state index contributed by atoms with van der Waals surface area (Å²) in [6.45, 7) is 1.95. The van der Waals surface area contributed by atoms with Gasteiger partial charge in [-0.2, -0.15) is 4.98 Å². The van der Waals surface area contributed by atoms with Crippen LogP contribution in [0.5, 0.6) is 11.6 Å². The van der Waals surface area contributed by atoms with Gasteiger partial charge in [0.25, 0.3) is 5.91 Å². The van der Waals surface area contributed by atoms with Gasteiger partial charge in [0.05, 0.1) is 5.56 Å². The van der Waals surface area contributed by atoms with Crippen molar-refractivity contribution < 1.29 is 9.53 Å². The van der Waals surface area contributed by atoms with Gasteiger partial charge >= 0.3 is 0 Å². The monoisotopic (exact) mass is 321 g/mol. The standard InChI is InChI=1S/C13H12BrN3O2/c1-2-11-16-10(14)7-12(17-11)19-9-6-4-3-5-8(9)13(15)18/h3-7H,2H2,1H3,(H2,15,18). The summed E-state index contributed by atoms with van der Waals surface area (Å²) < 4.78 is 6.24. The van der Waals surface area contributed by atoms with Crippen LogP contribution in [0.25, 0.3) is 0 Å². The largest absolute Gasteiger partial charge is 0.438 e. The van der Waals surface area contributed by atoms with Crippen molar-refractivity contribution in [3.05, 3.63) is 46.3 Å². The molecule has 0 saturated heterocycles. The van der Waals surface area contributed by atoms with Crippen molar-refractivity contribution >= 4 is 21.8 Å². The molecular weight excluding hydrogens is 310 g/mol. The second kappa shape index (κ2) is 5.79. The number of ether oxygens (including phenoxy) is 1. The van der Waals surface area contributed by atoms with Gasteiger partial charge in [0.15, 0.2) is 0 Å². The van der Waals surface area contributed by atoms with E-state index in [-0.39, 0.29) is 0 Å². The number of rotatable bonds is 4. The Labute approximate surface area is 119 Å². The molecule has 1 heterocycles. The molecule has 98 valence electrons. The van der Waals surface area contributed by atoms with E-state index < -0.39 is 5.91 Å². The van der Waals surface area contributed by atoms with E-state index in [4.69, 9.17) is 10.5 Å². The molecular formula is C13H12BrN3O2. The molecule has 0 fully saturated rings. The van der Waals surface area contributed by atoms with Gasteiger partial charge in [-0.05, 0) is 28.1 Å². The van der Waals surface area contributed by atoms with Crippen molar-refractivity contribution in [3.8, 4) is 11.6 Å². The molecule has 1 aromatic heterocycles. The predicted octanol–water partition coefficient (Wildman–Crippen LogP) is 2.69. The maximum atomic E-state index is 11.3. The number of nitrogens with zero attached hydrogens (tertiary/aromatic N) is 2. The minimum absolute atomic E-state index is 0.315. The van der Waals surface area contributed by atoms with Gasteiger partial charge in [-0.3, -0.25) is 4.79 Å². The first-order chi connectivity index (χ1) is 9.10. The van der Waals surface area contributed by atoms with E-state index in [1.807, 2.05) is 6.92 Å². The van der Waals surface area contributed by atoms with Gasteiger partial charge in [-0.15, -0.1) is 0 Å². The first-order valence-electron chi connectivity index (χ1n) is 5.70. The molecule has 0 unspecified atom stereocenters. The Morgan fingerprint density at radius 2 is 2.11 bits per heavy atom. The van der Waals surface area contributed by atoms with E-state index in [1.165, 1.54) is 0 Å². The first-order valence-corrected chi connectivity index (χ1v) is 6.49. The highest BCUT2D eigenvalue weighted by atomic mass is 79.9. The number of amides is 1. The fourth-order valence-electron chi connectivity index (χ4n) is 1.52. The Morgan fingerprint density at radius 3 is 2.79 bits per heavy atom. The lowest BCUT2D eigenvalue weighted by Gasteiger charge is -2.09. The molecule has 6 heteroatoms. The number of primary amides is 1. The Hall–Kier alpha value is -1.95. The quantitative estimate of drug-likeness (QED) is 0.878. The summed E-state index contributed by atoms with van der Waals surface area (Å²) in [5.74, 6) is 0.857. The Kier molecular flexibility index (Phi) is 4.11. The number of carbonyl (C=O) groups is 1. The molecule has 0 aliphatic rings. The third-order valence-electron chi connectivity index (χ3n) is 2.40. The number of halogens is 1. The molecule has 0 saturated carbocycles. The van der Waals surface area contributed by atoms with E-state index in [1.54, 1.807) is 30.3 Å². The van der Waals surface area contributed by atoms with Crippen molar-refractivity contribution in [2.24, 2.45) is 5.73 Å². The Morgan fingerprint density at radius 1 is 1.37 bits per heavy atom. The second-order valence-electron chi connectivity index (χ2n) is 3.76. The van der Waals surface area contributed by atoms with Gasteiger partial charge in [0.1, 0.15) is 16.2 Å². The van der Waals surface area contributed by atoms with Crippen molar-refractivity contribution in [2.75, 3.05) is 0 Å². The molecule has 0 radical (unpaired) electrons. The van der Waals surface area contributed by atoms with Gasteiger partial charge in [0, 0.05) is 12.5 Å². The highest BCUT2D eigenvalue weighted by molar-refractivity contribution is 9.10. The van der Waals surface area contributed by atoms with E-state index in [2.05, 4.69) is 25.9 Å². The van der Waals surface area contributed by atoms with E-state index in [0.717, 1.165) is 0 Å². The maximum Gasteiger partial charge on any atom is 0.252 e. The molecule has 19 heavy (non-hydrogen) atoms. The van der Waals surface area contributed by atoms with Crippen LogP contribution in [0.4, 0.5) is 0 Å². The number of para-hydroxylation sites is 1. The van der Waals surface area contributed by atoms with Crippen molar-refractivity contribution in [2.45, 2.75) is 13.3 Å². The summed E-state index contributed by atoms with van der Waals surface area (Å²) in [5.41, 5.74) is 5.61. The summed E-state index contributed by atoms with van der Waals surface area (Å²) in [6, 6.07) is 8.40. The van der Waals surface area contributed by atoms with E-state index >= 15 is 0 Å². The molecule has 2 rings (SSSR count). The van der Waals surface area contributed by atoms with Gasteiger partial charge in [0.2, 0.25) is 5.88 Å². The number of benzene rings is 1. The lowest BCUT2D eigenvalue weighted by atomic mass is 10.2. The van der Waals surface area contributed by atoms with Gasteiger partial charge in [-0.25, -0.2) is 4.98 Å². The molecule has 1 amide bonds. The summed E-state index contributed by atoms with van der Waals surface area (Å²) in [7, 11) is 0. The topological polar surface area (TPSA) is 78.1 Å². The number of hydrogen-bond donors (Lipinski definition) is 1. The van der Waals surface area contributed by atoms with Gasteiger partial charge < -0.3 is 10.5 Å². The van der Waals surface area contributed by atoms with E-state index in [9.17, 15) is 4.79 Å². The fraction of sp³-hybridized carbons (Fsp3) is 0.154. The number of aryl methyl sites for hydroxylation is 1.